The molecule has 0 aliphatic heterocycles. The molecule has 2 rings (SSSR count). The van der Waals surface area contributed by atoms with E-state index in [-0.39, 0.29) is 24.4 Å². The largest absolute Gasteiger partial charge is 0.493 e. The number of halogens is 1. The molecule has 1 N–H and O–H groups in total. The molecule has 1 aliphatic carbocycles. The van der Waals surface area contributed by atoms with Gasteiger partial charge in [0, 0.05) is 25.7 Å². The summed E-state index contributed by atoms with van der Waals surface area (Å²) >= 11 is 0. The zero-order chi connectivity index (χ0) is 15.9. The summed E-state index contributed by atoms with van der Waals surface area (Å²) in [5, 5.41) is 3.04. The molecule has 6 heteroatoms. The van der Waals surface area contributed by atoms with Gasteiger partial charge in [0.25, 0.3) is 5.91 Å². The third-order valence-electron chi connectivity index (χ3n) is 4.05. The quantitative estimate of drug-likeness (QED) is 0.827. The molecule has 1 fully saturated rings. The van der Waals surface area contributed by atoms with E-state index < -0.39 is 0 Å². The predicted molar refractivity (Wildman–Crippen MR) is 94.0 cm³/mol. The van der Waals surface area contributed by atoms with Gasteiger partial charge in [0.15, 0.2) is 11.5 Å². The third-order valence-corrected chi connectivity index (χ3v) is 4.05. The monoisotopic (exact) mass is 342 g/mol. The molecule has 1 aromatic rings. The Kier molecular flexibility index (Phi) is 8.20. The minimum atomic E-state index is -0.0130. The molecule has 23 heavy (non-hydrogen) atoms. The maximum Gasteiger partial charge on any atom is 0.253 e. The Morgan fingerprint density at radius 2 is 2.00 bits per heavy atom. The molecule has 0 radical (unpaired) electrons. The highest BCUT2D eigenvalue weighted by Crippen LogP contribution is 2.32. The van der Waals surface area contributed by atoms with E-state index in [9.17, 15) is 4.79 Å². The predicted octanol–water partition coefficient (Wildman–Crippen LogP) is 2.73. The fourth-order valence-electron chi connectivity index (χ4n) is 2.69. The van der Waals surface area contributed by atoms with Crippen LogP contribution in [0.15, 0.2) is 18.2 Å². The van der Waals surface area contributed by atoms with E-state index in [1.807, 2.05) is 19.2 Å². The SMILES string of the molecule is CNCCN(C)C(=O)c1ccc(OC2CCCC2)c(OC)c1.Cl. The fraction of sp³-hybridized carbons (Fsp3) is 0.588. The summed E-state index contributed by atoms with van der Waals surface area (Å²) in [6.07, 6.45) is 4.90. The van der Waals surface area contributed by atoms with Crippen LogP contribution in [-0.2, 0) is 0 Å². The number of methoxy groups -OCH3 is 1. The summed E-state index contributed by atoms with van der Waals surface area (Å²) in [4.78, 5) is 14.1. The second-order valence-corrected chi connectivity index (χ2v) is 5.72. The van der Waals surface area contributed by atoms with E-state index in [0.717, 1.165) is 25.1 Å². The topological polar surface area (TPSA) is 50.8 Å². The van der Waals surface area contributed by atoms with Crippen LogP contribution in [0.4, 0.5) is 0 Å². The summed E-state index contributed by atoms with van der Waals surface area (Å²) in [5.74, 6) is 1.34. The van der Waals surface area contributed by atoms with Crippen molar-refractivity contribution < 1.29 is 14.3 Å². The standard InChI is InChI=1S/C17H26N2O3.ClH/c1-18-10-11-19(2)17(20)13-8-9-15(16(12-13)21-3)22-14-6-4-5-7-14;/h8-9,12,14,18H,4-7,10-11H2,1-3H3;1H. The number of nitrogens with one attached hydrogen (secondary N) is 1. The summed E-state index contributed by atoms with van der Waals surface area (Å²) in [6, 6.07) is 5.42. The van der Waals surface area contributed by atoms with Crippen LogP contribution in [0.2, 0.25) is 0 Å². The highest BCUT2D eigenvalue weighted by Gasteiger charge is 2.20. The molecule has 0 saturated heterocycles. The van der Waals surface area contributed by atoms with Crippen molar-refractivity contribution in [2.24, 2.45) is 0 Å². The van der Waals surface area contributed by atoms with Crippen molar-refractivity contribution in [3.63, 3.8) is 0 Å². The maximum atomic E-state index is 12.4. The van der Waals surface area contributed by atoms with Gasteiger partial charge in [-0.05, 0) is 50.9 Å². The van der Waals surface area contributed by atoms with Crippen LogP contribution in [0, 0.1) is 0 Å². The zero-order valence-electron chi connectivity index (χ0n) is 14.1. The molecule has 0 aromatic heterocycles. The molecule has 0 spiro atoms. The van der Waals surface area contributed by atoms with E-state index in [2.05, 4.69) is 5.32 Å². The number of likely N-dealkylation sites (N-methyl/N-ethyl adjacent to an activating group) is 2. The zero-order valence-corrected chi connectivity index (χ0v) is 14.9. The first-order valence-electron chi connectivity index (χ1n) is 7.90. The summed E-state index contributed by atoms with van der Waals surface area (Å²) in [6.45, 7) is 1.43. The van der Waals surface area contributed by atoms with Crippen LogP contribution in [0.1, 0.15) is 36.0 Å². The van der Waals surface area contributed by atoms with Crippen molar-refractivity contribution in [1.82, 2.24) is 10.2 Å². The molecule has 1 saturated carbocycles. The minimum Gasteiger partial charge on any atom is -0.493 e. The van der Waals surface area contributed by atoms with E-state index in [1.165, 1.54) is 12.8 Å². The normalized spacial score (nSPS) is 14.2. The van der Waals surface area contributed by atoms with E-state index in [4.69, 9.17) is 9.47 Å². The van der Waals surface area contributed by atoms with Gasteiger partial charge in [-0.25, -0.2) is 0 Å². The van der Waals surface area contributed by atoms with Crippen LogP contribution in [0.3, 0.4) is 0 Å². The molecule has 1 aliphatic rings. The molecule has 0 bridgehead atoms. The van der Waals surface area contributed by atoms with Crippen LogP contribution >= 0.6 is 12.4 Å². The van der Waals surface area contributed by atoms with Gasteiger partial charge in [0.2, 0.25) is 0 Å². The van der Waals surface area contributed by atoms with Crippen molar-refractivity contribution in [3.05, 3.63) is 23.8 Å². The maximum absolute atomic E-state index is 12.4. The fourth-order valence-corrected chi connectivity index (χ4v) is 2.69. The molecule has 5 nitrogen and oxygen atoms in total. The summed E-state index contributed by atoms with van der Waals surface area (Å²) in [7, 11) is 5.28. The van der Waals surface area contributed by atoms with Gasteiger partial charge in [-0.1, -0.05) is 0 Å². The Hall–Kier alpha value is -1.46. The second kappa shape index (κ2) is 9.63. The Morgan fingerprint density at radius 3 is 2.61 bits per heavy atom. The number of hydrogen-bond donors (Lipinski definition) is 1. The van der Waals surface area contributed by atoms with E-state index in [1.54, 1.807) is 25.1 Å². The molecule has 0 atom stereocenters. The number of carbonyl (C=O) groups is 1. The van der Waals surface area contributed by atoms with Crippen molar-refractivity contribution in [1.29, 1.82) is 0 Å². The molecule has 0 unspecified atom stereocenters. The van der Waals surface area contributed by atoms with Crippen LogP contribution in [0.25, 0.3) is 0 Å². The lowest BCUT2D eigenvalue weighted by Crippen LogP contribution is -2.32. The average Bonchev–Trinajstić information content (AvgIpc) is 3.05. The van der Waals surface area contributed by atoms with E-state index in [0.29, 0.717) is 17.9 Å². The van der Waals surface area contributed by atoms with Gasteiger partial charge >= 0.3 is 0 Å². The lowest BCUT2D eigenvalue weighted by molar-refractivity contribution is 0.0796. The summed E-state index contributed by atoms with van der Waals surface area (Å²) in [5.41, 5.74) is 0.620. The number of amides is 1. The van der Waals surface area contributed by atoms with Gasteiger partial charge in [0.1, 0.15) is 0 Å². The van der Waals surface area contributed by atoms with Crippen molar-refractivity contribution in [3.8, 4) is 11.5 Å². The third kappa shape index (κ3) is 5.29. The molecular formula is C17H27ClN2O3. The number of carbonyl (C=O) groups excluding carboxylic acids is 1. The summed E-state index contributed by atoms with van der Waals surface area (Å²) < 4.78 is 11.4. The van der Waals surface area contributed by atoms with Gasteiger partial charge in [-0.15, -0.1) is 12.4 Å². The van der Waals surface area contributed by atoms with Crippen molar-refractivity contribution in [2.45, 2.75) is 31.8 Å². The van der Waals surface area contributed by atoms with Gasteiger partial charge in [-0.3, -0.25) is 4.79 Å². The number of ether oxygens (including phenoxy) is 2. The number of rotatable bonds is 7. The molecule has 0 heterocycles. The van der Waals surface area contributed by atoms with Gasteiger partial charge in [-0.2, -0.15) is 0 Å². The Labute approximate surface area is 144 Å². The number of hydrogen-bond acceptors (Lipinski definition) is 4. The van der Waals surface area contributed by atoms with Gasteiger partial charge in [0.05, 0.1) is 13.2 Å². The molecule has 130 valence electrons. The number of nitrogens with zero attached hydrogens (tertiary/aromatic N) is 1. The highest BCUT2D eigenvalue weighted by molar-refractivity contribution is 5.94. The Bertz CT molecular complexity index is 505. The smallest absolute Gasteiger partial charge is 0.253 e. The van der Waals surface area contributed by atoms with Crippen LogP contribution < -0.4 is 14.8 Å². The van der Waals surface area contributed by atoms with Crippen LogP contribution in [0.5, 0.6) is 11.5 Å². The lowest BCUT2D eigenvalue weighted by atomic mass is 10.1. The highest BCUT2D eigenvalue weighted by atomic mass is 35.5. The minimum absolute atomic E-state index is 0. The molecule has 1 aromatic carbocycles. The lowest BCUT2D eigenvalue weighted by Gasteiger charge is -2.19. The first-order valence-corrected chi connectivity index (χ1v) is 7.90. The van der Waals surface area contributed by atoms with Gasteiger partial charge < -0.3 is 19.7 Å². The first-order chi connectivity index (χ1) is 10.7. The number of benzene rings is 1. The van der Waals surface area contributed by atoms with Crippen LogP contribution in [-0.4, -0.2) is 51.2 Å². The second-order valence-electron chi connectivity index (χ2n) is 5.72. The van der Waals surface area contributed by atoms with E-state index >= 15 is 0 Å². The average molecular weight is 343 g/mol. The van der Waals surface area contributed by atoms with Crippen molar-refractivity contribution in [2.75, 3.05) is 34.3 Å². The Balaban J connectivity index is 0.00000264. The molecule has 1 amide bonds. The first kappa shape index (κ1) is 19.6. The molecular weight excluding hydrogens is 316 g/mol. The Morgan fingerprint density at radius 1 is 1.30 bits per heavy atom. The van der Waals surface area contributed by atoms with Crippen molar-refractivity contribution >= 4 is 18.3 Å².